The van der Waals surface area contributed by atoms with Crippen LogP contribution in [0.15, 0.2) is 108 Å². The number of benzene rings is 8. The number of nitrogens with zero attached hydrogens (tertiary/aromatic N) is 3. The summed E-state index contributed by atoms with van der Waals surface area (Å²) in [5.74, 6) is 2.03. The van der Waals surface area contributed by atoms with E-state index in [-0.39, 0.29) is 0 Å². The van der Waals surface area contributed by atoms with Crippen LogP contribution in [0.3, 0.4) is 0 Å². The first-order valence-electron chi connectivity index (χ1n) is 20.6. The van der Waals surface area contributed by atoms with Crippen LogP contribution < -0.4 is 54.6 Å². The van der Waals surface area contributed by atoms with E-state index in [4.69, 9.17) is 19.4 Å². The van der Waals surface area contributed by atoms with E-state index in [0.717, 1.165) is 49.8 Å². The van der Waals surface area contributed by atoms with Crippen LogP contribution in [-0.2, 0) is 0 Å². The van der Waals surface area contributed by atoms with Gasteiger partial charge in [0.25, 0.3) is 0 Å². The van der Waals surface area contributed by atoms with Gasteiger partial charge < -0.3 is 4.42 Å². The van der Waals surface area contributed by atoms with E-state index in [1.54, 1.807) is 0 Å². The Kier molecular flexibility index (Phi) is 8.72. The van der Waals surface area contributed by atoms with Gasteiger partial charge in [-0.05, 0) is 67.7 Å². The molecule has 0 saturated heterocycles. The topological polar surface area (TPSA) is 51.8 Å². The van der Waals surface area contributed by atoms with Crippen molar-refractivity contribution in [1.29, 1.82) is 0 Å². The standard InChI is InChI=1S/C45H37B10N3O/c46-33-31(34(47)38(51)41(54)37(33)50)44-56-43(57-45(58-44)32-35(48)39(52)42(55)40(53)36(32)49)25-10-5-11-29-30(25)27-17-19(13-15-28(27)59-29)18-12-14-24-22-8-2-1-6-20(22)21-7-3-4-9-23(21)26(24)16-18/h1-17H,46-55H2. The third-order valence-electron chi connectivity index (χ3n) is 13.9. The highest BCUT2D eigenvalue weighted by Crippen LogP contribution is 2.40. The third kappa shape index (κ3) is 5.63. The maximum atomic E-state index is 6.61. The van der Waals surface area contributed by atoms with Crippen molar-refractivity contribution < 1.29 is 4.42 Å². The second-order valence-corrected chi connectivity index (χ2v) is 16.6. The van der Waals surface area contributed by atoms with Crippen molar-refractivity contribution in [3.63, 3.8) is 0 Å². The van der Waals surface area contributed by atoms with Gasteiger partial charge in [-0.1, -0.05) is 101 Å². The molecule has 0 fully saturated rings. The van der Waals surface area contributed by atoms with Gasteiger partial charge in [0.1, 0.15) is 89.6 Å². The van der Waals surface area contributed by atoms with Gasteiger partial charge in [0.2, 0.25) is 0 Å². The van der Waals surface area contributed by atoms with Crippen molar-refractivity contribution in [3.05, 3.63) is 103 Å². The number of furan rings is 1. The molecule has 0 N–H and O–H groups in total. The summed E-state index contributed by atoms with van der Waals surface area (Å²) in [6, 6.07) is 37.2. The van der Waals surface area contributed by atoms with Crippen molar-refractivity contribution in [1.82, 2.24) is 15.0 Å². The van der Waals surface area contributed by atoms with Crippen LogP contribution in [0.5, 0.6) is 0 Å². The van der Waals surface area contributed by atoms with E-state index in [2.05, 4.69) is 182 Å². The van der Waals surface area contributed by atoms with Crippen molar-refractivity contribution in [2.45, 2.75) is 0 Å². The van der Waals surface area contributed by atoms with Crippen LogP contribution in [-0.4, -0.2) is 93.4 Å². The van der Waals surface area contributed by atoms with E-state index in [1.165, 1.54) is 86.9 Å². The van der Waals surface area contributed by atoms with Crippen LogP contribution in [0.4, 0.5) is 0 Å². The molecule has 0 radical (unpaired) electrons. The number of fused-ring (bicyclic) bond motifs is 9. The molecule has 59 heavy (non-hydrogen) atoms. The summed E-state index contributed by atoms with van der Waals surface area (Å²) >= 11 is 0. The fourth-order valence-electron chi connectivity index (χ4n) is 9.67. The molecule has 0 amide bonds. The highest BCUT2D eigenvalue weighted by molar-refractivity contribution is 6.70. The number of hydrogen-bond acceptors (Lipinski definition) is 4. The van der Waals surface area contributed by atoms with Gasteiger partial charge in [0.05, 0.1) is 0 Å². The molecule has 0 spiro atoms. The fraction of sp³-hybridized carbons (Fsp3) is 0. The molecule has 0 unspecified atom stereocenters. The first kappa shape index (κ1) is 37.3. The molecule has 14 heteroatoms. The minimum absolute atomic E-state index is 0.636. The molecule has 8 aromatic carbocycles. The van der Waals surface area contributed by atoms with Crippen LogP contribution in [0.25, 0.3) is 99.5 Å². The zero-order valence-corrected chi connectivity index (χ0v) is 35.6. The zero-order chi connectivity index (χ0) is 41.0. The molecular formula is C45H37B10N3O. The Morgan fingerprint density at radius 2 is 0.729 bits per heavy atom. The van der Waals surface area contributed by atoms with E-state index in [1.807, 2.05) is 0 Å². The Balaban J connectivity index is 1.23. The van der Waals surface area contributed by atoms with Crippen LogP contribution in [0.1, 0.15) is 0 Å². The first-order valence-corrected chi connectivity index (χ1v) is 20.6. The molecule has 4 nitrogen and oxygen atoms in total. The summed E-state index contributed by atoms with van der Waals surface area (Å²) in [6.45, 7) is 0. The highest BCUT2D eigenvalue weighted by atomic mass is 16.3. The number of hydrogen-bond donors (Lipinski definition) is 0. The monoisotopic (exact) mass is 745 g/mol. The summed E-state index contributed by atoms with van der Waals surface area (Å²) in [4.78, 5) is 16.2. The number of rotatable bonds is 4. The van der Waals surface area contributed by atoms with Crippen molar-refractivity contribution >= 4 is 187 Å². The van der Waals surface area contributed by atoms with Gasteiger partial charge >= 0.3 is 0 Å². The quantitative estimate of drug-likeness (QED) is 0.134. The molecule has 0 atom stereocenters. The maximum absolute atomic E-state index is 6.61. The molecule has 10 aromatic rings. The minimum atomic E-state index is 0.636. The number of aromatic nitrogens is 3. The largest absolute Gasteiger partial charge is 0.456 e. The normalized spacial score (nSPS) is 11.7. The summed E-state index contributed by atoms with van der Waals surface area (Å²) in [6.07, 6.45) is 0. The average Bonchev–Trinajstić information content (AvgIpc) is 3.64. The lowest BCUT2D eigenvalue weighted by atomic mass is 9.60. The predicted octanol–water partition coefficient (Wildman–Crippen LogP) is -5.52. The summed E-state index contributed by atoms with van der Waals surface area (Å²) in [5, 5.41) is 9.62. The van der Waals surface area contributed by atoms with Crippen LogP contribution in [0, 0.1) is 0 Å². The Labute approximate surface area is 353 Å². The second-order valence-electron chi connectivity index (χ2n) is 16.6. The van der Waals surface area contributed by atoms with Gasteiger partial charge in [-0.2, -0.15) is 0 Å². The van der Waals surface area contributed by atoms with Gasteiger partial charge in [0, 0.05) is 27.5 Å². The molecule has 0 bridgehead atoms. The molecule has 2 heterocycles. The van der Waals surface area contributed by atoms with Crippen molar-refractivity contribution in [3.8, 4) is 45.3 Å². The molecule has 10 rings (SSSR count). The van der Waals surface area contributed by atoms with Crippen LogP contribution in [0.2, 0.25) is 0 Å². The molecule has 0 aliphatic heterocycles. The average molecular weight is 744 g/mol. The van der Waals surface area contributed by atoms with Gasteiger partial charge in [-0.15, -0.1) is 32.8 Å². The lowest BCUT2D eigenvalue weighted by Crippen LogP contribution is -2.55. The summed E-state index contributed by atoms with van der Waals surface area (Å²) in [5.41, 5.74) is 19.5. The smallest absolute Gasteiger partial charge is 0.164 e. The third-order valence-corrected chi connectivity index (χ3v) is 13.9. The molecule has 0 aliphatic carbocycles. The summed E-state index contributed by atoms with van der Waals surface area (Å²) < 4.78 is 6.61. The molecule has 0 aliphatic rings. The molecule has 0 saturated carbocycles. The van der Waals surface area contributed by atoms with E-state index >= 15 is 0 Å². The van der Waals surface area contributed by atoms with Crippen molar-refractivity contribution in [2.75, 3.05) is 0 Å². The Morgan fingerprint density at radius 1 is 0.322 bits per heavy atom. The van der Waals surface area contributed by atoms with E-state index in [0.29, 0.717) is 17.5 Å². The summed E-state index contributed by atoms with van der Waals surface area (Å²) in [7, 11) is 22.1. The zero-order valence-electron chi connectivity index (χ0n) is 35.6. The van der Waals surface area contributed by atoms with Crippen molar-refractivity contribution in [2.24, 2.45) is 0 Å². The Morgan fingerprint density at radius 3 is 1.24 bits per heavy atom. The molecular weight excluding hydrogens is 707 g/mol. The lowest BCUT2D eigenvalue weighted by Gasteiger charge is -2.22. The lowest BCUT2D eigenvalue weighted by molar-refractivity contribution is 0.669. The molecule has 268 valence electrons. The van der Waals surface area contributed by atoms with Gasteiger partial charge in [-0.25, -0.2) is 15.0 Å². The second kappa shape index (κ2) is 13.8. The SMILES string of the molecule is Bc1c(B)c(B)c(-c2nc(-c3c(B)c(B)c(B)c(B)c3B)nc(-c3cccc4oc5ccc(-c6ccc7c8ccccc8c8ccccc8c7c6)cc5c34)n2)c(B)c1B. The first-order chi connectivity index (χ1) is 28.4. The van der Waals surface area contributed by atoms with Gasteiger partial charge in [-0.3, -0.25) is 0 Å². The van der Waals surface area contributed by atoms with Gasteiger partial charge in [0.15, 0.2) is 17.5 Å². The Bertz CT molecular complexity index is 3300. The molecule has 2 aromatic heterocycles. The maximum Gasteiger partial charge on any atom is 0.164 e. The predicted molar refractivity (Wildman–Crippen MR) is 283 cm³/mol. The van der Waals surface area contributed by atoms with E-state index < -0.39 is 0 Å². The highest BCUT2D eigenvalue weighted by Gasteiger charge is 2.23. The fourth-order valence-corrected chi connectivity index (χ4v) is 9.67. The Hall–Kier alpha value is -6.00. The van der Waals surface area contributed by atoms with E-state index in [9.17, 15) is 0 Å². The minimum Gasteiger partial charge on any atom is -0.456 e. The van der Waals surface area contributed by atoms with Crippen LogP contribution >= 0.6 is 0 Å².